The summed E-state index contributed by atoms with van der Waals surface area (Å²) in [5, 5.41) is 11.9. The smallest absolute Gasteiger partial charge is 0.356 e. The van der Waals surface area contributed by atoms with Gasteiger partial charge in [-0.1, -0.05) is 12.1 Å². The van der Waals surface area contributed by atoms with Gasteiger partial charge in [0.25, 0.3) is 0 Å². The summed E-state index contributed by atoms with van der Waals surface area (Å²) in [5.74, 6) is 0.180. The van der Waals surface area contributed by atoms with Crippen molar-refractivity contribution in [2.24, 2.45) is 0 Å². The second-order valence-electron chi connectivity index (χ2n) is 4.90. The Balaban J connectivity index is 2.02. The van der Waals surface area contributed by atoms with E-state index >= 15 is 0 Å². The number of benzene rings is 1. The zero-order valence-electron chi connectivity index (χ0n) is 13.1. The molecule has 122 valence electrons. The summed E-state index contributed by atoms with van der Waals surface area (Å²) in [5.41, 5.74) is 1.98. The van der Waals surface area contributed by atoms with E-state index in [0.717, 1.165) is 16.9 Å². The van der Waals surface area contributed by atoms with Crippen LogP contribution in [-0.4, -0.2) is 41.4 Å². The molecule has 2 N–H and O–H groups in total. The molecule has 0 unspecified atom stereocenters. The molecule has 7 heteroatoms. The predicted molar refractivity (Wildman–Crippen MR) is 84.9 cm³/mol. The van der Waals surface area contributed by atoms with Crippen LogP contribution in [0.2, 0.25) is 0 Å². The topological polar surface area (TPSA) is 93.6 Å². The van der Waals surface area contributed by atoms with Crippen molar-refractivity contribution in [1.29, 1.82) is 0 Å². The van der Waals surface area contributed by atoms with E-state index in [-0.39, 0.29) is 5.69 Å². The van der Waals surface area contributed by atoms with Gasteiger partial charge in [-0.2, -0.15) is 0 Å². The van der Waals surface area contributed by atoms with Crippen LogP contribution in [0.3, 0.4) is 0 Å². The molecule has 0 aliphatic heterocycles. The maximum absolute atomic E-state index is 10.7. The highest BCUT2D eigenvalue weighted by Gasteiger charge is 2.07. The third-order valence-electron chi connectivity index (χ3n) is 3.10. The Morgan fingerprint density at radius 2 is 2.09 bits per heavy atom. The molecule has 0 amide bonds. The number of hydrogen-bond donors (Lipinski definition) is 2. The number of rotatable bonds is 8. The molecule has 0 aliphatic rings. The van der Waals surface area contributed by atoms with Crippen LogP contribution in [0.15, 0.2) is 30.6 Å². The first-order chi connectivity index (χ1) is 11.1. The number of methoxy groups -OCH3 is 1. The fourth-order valence-corrected chi connectivity index (χ4v) is 1.89. The van der Waals surface area contributed by atoms with Crippen LogP contribution in [0, 0.1) is 6.92 Å². The maximum Gasteiger partial charge on any atom is 0.356 e. The highest BCUT2D eigenvalue weighted by atomic mass is 16.5. The summed E-state index contributed by atoms with van der Waals surface area (Å²) < 4.78 is 10.7. The van der Waals surface area contributed by atoms with Gasteiger partial charge in [-0.3, -0.25) is 0 Å². The minimum atomic E-state index is -1.10. The first-order valence-electron chi connectivity index (χ1n) is 7.10. The molecule has 7 nitrogen and oxygen atoms in total. The molecule has 1 aromatic heterocycles. The number of carboxylic acid groups (broad SMARTS) is 1. The lowest BCUT2D eigenvalue weighted by atomic mass is 10.1. The van der Waals surface area contributed by atoms with Crippen molar-refractivity contribution in [2.75, 3.05) is 25.6 Å². The molecular weight excluding hydrogens is 298 g/mol. The van der Waals surface area contributed by atoms with Crippen LogP contribution in [0.5, 0.6) is 5.75 Å². The van der Waals surface area contributed by atoms with Crippen LogP contribution >= 0.6 is 0 Å². The van der Waals surface area contributed by atoms with Crippen molar-refractivity contribution >= 4 is 11.8 Å². The van der Waals surface area contributed by atoms with Crippen molar-refractivity contribution < 1.29 is 19.4 Å². The Hall–Kier alpha value is -2.67. The van der Waals surface area contributed by atoms with Gasteiger partial charge in [0.15, 0.2) is 5.69 Å². The number of anilines is 1. The molecule has 0 spiro atoms. The Morgan fingerprint density at radius 1 is 1.26 bits per heavy atom. The first kappa shape index (κ1) is 16.7. The largest absolute Gasteiger partial charge is 0.491 e. The van der Waals surface area contributed by atoms with Gasteiger partial charge in [0, 0.05) is 19.2 Å². The van der Waals surface area contributed by atoms with Crippen molar-refractivity contribution in [1.82, 2.24) is 9.97 Å². The van der Waals surface area contributed by atoms with Gasteiger partial charge in [0.05, 0.1) is 19.0 Å². The lowest BCUT2D eigenvalue weighted by Crippen LogP contribution is -2.09. The molecule has 23 heavy (non-hydrogen) atoms. The zero-order chi connectivity index (χ0) is 16.7. The average molecular weight is 317 g/mol. The normalized spacial score (nSPS) is 10.3. The van der Waals surface area contributed by atoms with E-state index in [0.29, 0.717) is 25.6 Å². The van der Waals surface area contributed by atoms with Crippen LogP contribution in [0.4, 0.5) is 5.82 Å². The predicted octanol–water partition coefficient (Wildman–Crippen LogP) is 2.12. The molecule has 0 bridgehead atoms. The number of nitrogens with zero attached hydrogens (tertiary/aromatic N) is 2. The molecule has 2 rings (SSSR count). The van der Waals surface area contributed by atoms with E-state index in [2.05, 4.69) is 15.3 Å². The second kappa shape index (κ2) is 8.09. The second-order valence-corrected chi connectivity index (χ2v) is 4.90. The fraction of sp³-hybridized carbons (Fsp3) is 0.312. The molecule has 1 aromatic carbocycles. The minimum Gasteiger partial charge on any atom is -0.491 e. The Kier molecular flexibility index (Phi) is 5.87. The van der Waals surface area contributed by atoms with E-state index in [1.165, 1.54) is 12.4 Å². The summed E-state index contributed by atoms with van der Waals surface area (Å²) in [6.45, 7) is 3.48. The highest BCUT2D eigenvalue weighted by molar-refractivity contribution is 5.84. The first-order valence-corrected chi connectivity index (χ1v) is 7.10. The van der Waals surface area contributed by atoms with E-state index in [4.69, 9.17) is 14.6 Å². The third kappa shape index (κ3) is 4.93. The van der Waals surface area contributed by atoms with Gasteiger partial charge < -0.3 is 19.9 Å². The van der Waals surface area contributed by atoms with Crippen LogP contribution in [0.25, 0.3) is 0 Å². The van der Waals surface area contributed by atoms with Gasteiger partial charge in [0.2, 0.25) is 0 Å². The van der Waals surface area contributed by atoms with Gasteiger partial charge in [-0.15, -0.1) is 0 Å². The number of aromatic nitrogens is 2. The minimum absolute atomic E-state index is 0.0885. The summed E-state index contributed by atoms with van der Waals surface area (Å²) in [4.78, 5) is 18.6. The third-order valence-corrected chi connectivity index (χ3v) is 3.10. The quantitative estimate of drug-likeness (QED) is 0.720. The number of nitrogens with one attached hydrogen (secondary N) is 1. The summed E-state index contributed by atoms with van der Waals surface area (Å²) in [7, 11) is 1.63. The molecule has 0 fully saturated rings. The molecular formula is C16H19N3O4. The van der Waals surface area contributed by atoms with Crippen LogP contribution in [0.1, 0.15) is 21.6 Å². The lowest BCUT2D eigenvalue weighted by Gasteiger charge is -2.13. The Bertz CT molecular complexity index is 659. The lowest BCUT2D eigenvalue weighted by molar-refractivity contribution is 0.0690. The number of carboxylic acids is 1. The number of aryl methyl sites for hydroxylation is 1. The molecule has 0 saturated heterocycles. The van der Waals surface area contributed by atoms with E-state index in [9.17, 15) is 4.79 Å². The van der Waals surface area contributed by atoms with Crippen molar-refractivity contribution in [3.05, 3.63) is 47.4 Å². The summed E-state index contributed by atoms with van der Waals surface area (Å²) in [6.07, 6.45) is 2.61. The molecule has 0 atom stereocenters. The molecule has 0 aliphatic carbocycles. The van der Waals surface area contributed by atoms with Gasteiger partial charge in [-0.25, -0.2) is 14.8 Å². The van der Waals surface area contributed by atoms with Crippen LogP contribution < -0.4 is 10.1 Å². The number of carbonyl (C=O) groups is 1. The Labute approximate surface area is 134 Å². The molecule has 2 aromatic rings. The van der Waals surface area contributed by atoms with Crippen molar-refractivity contribution in [3.63, 3.8) is 0 Å². The van der Waals surface area contributed by atoms with E-state index < -0.39 is 5.97 Å². The average Bonchev–Trinajstić information content (AvgIpc) is 2.54. The van der Waals surface area contributed by atoms with Crippen molar-refractivity contribution in [2.45, 2.75) is 13.5 Å². The number of ether oxygens (including phenoxy) is 2. The summed E-state index contributed by atoms with van der Waals surface area (Å²) >= 11 is 0. The fourth-order valence-electron chi connectivity index (χ4n) is 1.89. The highest BCUT2D eigenvalue weighted by Crippen LogP contribution is 2.21. The summed E-state index contributed by atoms with van der Waals surface area (Å²) in [6, 6.07) is 5.94. The zero-order valence-corrected chi connectivity index (χ0v) is 13.1. The monoisotopic (exact) mass is 317 g/mol. The molecule has 0 radical (unpaired) electrons. The van der Waals surface area contributed by atoms with Gasteiger partial charge in [0.1, 0.15) is 18.2 Å². The van der Waals surface area contributed by atoms with Gasteiger partial charge in [-0.05, 0) is 18.6 Å². The van der Waals surface area contributed by atoms with Gasteiger partial charge >= 0.3 is 5.97 Å². The standard InChI is InChI=1S/C16H19N3O4/c1-11-3-4-12(14(7-11)23-6-5-22-2)8-18-15-10-17-13(9-19-15)16(20)21/h3-4,7,9-10H,5-6,8H2,1-2H3,(H,18,19)(H,20,21). The number of aromatic carboxylic acids is 1. The maximum atomic E-state index is 10.7. The van der Waals surface area contributed by atoms with Crippen molar-refractivity contribution in [3.8, 4) is 5.75 Å². The molecule has 0 saturated carbocycles. The number of hydrogen-bond acceptors (Lipinski definition) is 6. The van der Waals surface area contributed by atoms with Crippen LogP contribution in [-0.2, 0) is 11.3 Å². The molecule has 1 heterocycles. The SMILES string of the molecule is COCCOc1cc(C)ccc1CNc1cnc(C(=O)O)cn1. The van der Waals surface area contributed by atoms with E-state index in [1.54, 1.807) is 7.11 Å². The Morgan fingerprint density at radius 3 is 2.74 bits per heavy atom. The van der Waals surface area contributed by atoms with E-state index in [1.807, 2.05) is 25.1 Å².